The largest absolute Gasteiger partial charge is 0.469 e. The van der Waals surface area contributed by atoms with E-state index in [-0.39, 0.29) is 19.4 Å². The summed E-state index contributed by atoms with van der Waals surface area (Å²) >= 11 is 0. The second kappa shape index (κ2) is 42.6. The van der Waals surface area contributed by atoms with Crippen LogP contribution in [0.25, 0.3) is 0 Å². The summed E-state index contributed by atoms with van der Waals surface area (Å²) in [5, 5.41) is 0. The number of carbonyl (C=O) groups is 2. The van der Waals surface area contributed by atoms with E-state index in [1.807, 2.05) is 0 Å². The van der Waals surface area contributed by atoms with Crippen molar-refractivity contribution in [2.75, 3.05) is 13.2 Å². The van der Waals surface area contributed by atoms with Crippen molar-refractivity contribution in [3.63, 3.8) is 0 Å². The smallest absolute Gasteiger partial charge is 0.462 e. The first-order valence-electron chi connectivity index (χ1n) is 22.9. The molecule has 8 nitrogen and oxygen atoms in total. The van der Waals surface area contributed by atoms with Crippen LogP contribution >= 0.6 is 7.82 Å². The van der Waals surface area contributed by atoms with Gasteiger partial charge >= 0.3 is 19.8 Å². The molecule has 0 rings (SSSR count). The van der Waals surface area contributed by atoms with Gasteiger partial charge < -0.3 is 19.3 Å². The Bertz CT molecular complexity index is 1050. The fourth-order valence-electron chi connectivity index (χ4n) is 6.38. The highest BCUT2D eigenvalue weighted by atomic mass is 31.2. The van der Waals surface area contributed by atoms with Crippen LogP contribution in [-0.4, -0.2) is 41.0 Å². The van der Waals surface area contributed by atoms with Gasteiger partial charge in [0.05, 0.1) is 6.61 Å². The Hall–Kier alpha value is -1.99. The number of hydrogen-bond acceptors (Lipinski definition) is 6. The molecule has 0 heterocycles. The van der Waals surface area contributed by atoms with Crippen LogP contribution in [0.5, 0.6) is 0 Å². The van der Waals surface area contributed by atoms with E-state index in [1.54, 1.807) is 0 Å². The predicted molar refractivity (Wildman–Crippen MR) is 234 cm³/mol. The third-order valence-electron chi connectivity index (χ3n) is 9.83. The first kappa shape index (κ1) is 54.0. The molecule has 0 radical (unpaired) electrons. The fraction of sp³-hybridized carbons (Fsp3) is 0.787. The van der Waals surface area contributed by atoms with Crippen molar-refractivity contribution in [1.82, 2.24) is 0 Å². The third kappa shape index (κ3) is 44.7. The molecule has 0 aromatic carbocycles. The molecule has 2 N–H and O–H groups in total. The highest BCUT2D eigenvalue weighted by Gasteiger charge is 2.22. The Morgan fingerprint density at radius 2 is 0.839 bits per heavy atom. The first-order chi connectivity index (χ1) is 27.3. The van der Waals surface area contributed by atoms with Crippen LogP contribution in [0.1, 0.15) is 219 Å². The van der Waals surface area contributed by atoms with E-state index in [1.165, 1.54) is 116 Å². The summed E-state index contributed by atoms with van der Waals surface area (Å²) in [6, 6.07) is 0. The minimum Gasteiger partial charge on any atom is -0.462 e. The molecule has 326 valence electrons. The molecule has 0 aliphatic heterocycles. The van der Waals surface area contributed by atoms with Gasteiger partial charge in [-0.15, -0.1) is 0 Å². The quantitative estimate of drug-likeness (QED) is 0.0206. The Morgan fingerprint density at radius 3 is 1.32 bits per heavy atom. The summed E-state index contributed by atoms with van der Waals surface area (Å²) in [7, 11) is -4.77. The van der Waals surface area contributed by atoms with Crippen molar-refractivity contribution in [1.29, 1.82) is 0 Å². The molecule has 0 saturated carbocycles. The topological polar surface area (TPSA) is 119 Å². The molecule has 56 heavy (non-hydrogen) atoms. The lowest BCUT2D eigenvalue weighted by molar-refractivity contribution is -0.161. The molecule has 0 bridgehead atoms. The molecule has 0 aromatic heterocycles. The number of phosphoric ester groups is 1. The number of rotatable bonds is 42. The summed E-state index contributed by atoms with van der Waals surface area (Å²) in [6.07, 6.45) is 52.8. The van der Waals surface area contributed by atoms with Crippen molar-refractivity contribution in [3.8, 4) is 0 Å². The number of ether oxygens (including phenoxy) is 2. The minimum atomic E-state index is -4.77. The zero-order valence-electron chi connectivity index (χ0n) is 36.0. The van der Waals surface area contributed by atoms with Gasteiger partial charge in [-0.25, -0.2) is 4.57 Å². The second-order valence-electron chi connectivity index (χ2n) is 15.4. The molecule has 0 spiro atoms. The molecule has 0 unspecified atom stereocenters. The lowest BCUT2D eigenvalue weighted by Gasteiger charge is -2.18. The van der Waals surface area contributed by atoms with Gasteiger partial charge in [-0.1, -0.05) is 184 Å². The van der Waals surface area contributed by atoms with Crippen LogP contribution in [0, 0.1) is 0 Å². The molecule has 0 aromatic rings. The molecule has 0 fully saturated rings. The van der Waals surface area contributed by atoms with Gasteiger partial charge in [0.15, 0.2) is 6.10 Å². The molecule has 0 aliphatic carbocycles. The van der Waals surface area contributed by atoms with Gasteiger partial charge in [-0.05, 0) is 70.6 Å². The van der Waals surface area contributed by atoms with Crippen molar-refractivity contribution >= 4 is 19.8 Å². The number of carbonyl (C=O) groups excluding carboxylic acids is 2. The fourth-order valence-corrected chi connectivity index (χ4v) is 6.74. The number of unbranched alkanes of at least 4 members (excludes halogenated alkanes) is 25. The van der Waals surface area contributed by atoms with Gasteiger partial charge in [0.2, 0.25) is 0 Å². The molecule has 0 amide bonds. The molecule has 0 aliphatic rings. The van der Waals surface area contributed by atoms with Gasteiger partial charge in [-0.3, -0.25) is 14.1 Å². The second-order valence-corrected chi connectivity index (χ2v) is 16.6. The Kier molecular flexibility index (Phi) is 41.1. The van der Waals surface area contributed by atoms with Crippen LogP contribution in [0.2, 0.25) is 0 Å². The zero-order chi connectivity index (χ0) is 41.1. The van der Waals surface area contributed by atoms with Crippen LogP contribution in [-0.2, 0) is 28.2 Å². The highest BCUT2D eigenvalue weighted by Crippen LogP contribution is 2.36. The van der Waals surface area contributed by atoms with E-state index in [0.717, 1.165) is 64.2 Å². The van der Waals surface area contributed by atoms with Crippen molar-refractivity contribution in [2.45, 2.75) is 225 Å². The zero-order valence-corrected chi connectivity index (χ0v) is 36.9. The van der Waals surface area contributed by atoms with Gasteiger partial charge in [0.25, 0.3) is 0 Å². The SMILES string of the molecule is CCCCCC/C=C/C=C/CCCCCCCC(=O)O[C@H](COC(=O)CCC/C=C/CC/C=C/CCCCCCCCCCCCCCCC)COP(=O)(O)O. The summed E-state index contributed by atoms with van der Waals surface area (Å²) in [4.78, 5) is 42.9. The number of allylic oxidation sites excluding steroid dienone is 8. The summed E-state index contributed by atoms with van der Waals surface area (Å²) < 4.78 is 26.4. The Morgan fingerprint density at radius 1 is 0.464 bits per heavy atom. The number of hydrogen-bond donors (Lipinski definition) is 2. The Labute approximate surface area is 344 Å². The first-order valence-corrected chi connectivity index (χ1v) is 24.5. The summed E-state index contributed by atoms with van der Waals surface area (Å²) in [5.74, 6) is -0.949. The average molecular weight is 809 g/mol. The number of esters is 2. The molecule has 9 heteroatoms. The van der Waals surface area contributed by atoms with E-state index < -0.39 is 32.5 Å². The van der Waals surface area contributed by atoms with Gasteiger partial charge in [0, 0.05) is 12.8 Å². The lowest BCUT2D eigenvalue weighted by atomic mass is 10.0. The standard InChI is InChI=1S/C47H85O8P/c1-3-5-7-9-11-13-15-17-19-20-21-22-23-24-25-26-28-29-31-33-35-37-39-41-46(48)53-43-45(44-54-56(50,51)52)55-47(49)42-40-38-36-34-32-30-27-18-16-14-12-10-8-6-4-2/h14,16,18,26-28,33,35,45H,3-13,15,17,19-25,29-32,34,36-44H2,1-2H3,(H2,50,51,52)/b16-14+,27-18+,28-26+,35-33+/t45-/m1/s1. The van der Waals surface area contributed by atoms with E-state index >= 15 is 0 Å². The van der Waals surface area contributed by atoms with Crippen LogP contribution in [0.4, 0.5) is 0 Å². The molecular formula is C47H85O8P. The van der Waals surface area contributed by atoms with E-state index in [4.69, 9.17) is 19.3 Å². The van der Waals surface area contributed by atoms with Crippen molar-refractivity contribution in [2.24, 2.45) is 0 Å². The maximum atomic E-state index is 12.4. The predicted octanol–water partition coefficient (Wildman–Crippen LogP) is 14.3. The molecule has 1 atom stereocenters. The highest BCUT2D eigenvalue weighted by molar-refractivity contribution is 7.46. The minimum absolute atomic E-state index is 0.185. The third-order valence-corrected chi connectivity index (χ3v) is 10.3. The van der Waals surface area contributed by atoms with Gasteiger partial charge in [0.1, 0.15) is 6.61 Å². The number of phosphoric acid groups is 1. The van der Waals surface area contributed by atoms with E-state index in [0.29, 0.717) is 12.8 Å². The normalized spacial score (nSPS) is 12.9. The van der Waals surface area contributed by atoms with Crippen LogP contribution in [0.3, 0.4) is 0 Å². The maximum absolute atomic E-state index is 12.4. The van der Waals surface area contributed by atoms with E-state index in [9.17, 15) is 14.2 Å². The van der Waals surface area contributed by atoms with Crippen molar-refractivity contribution < 1.29 is 37.9 Å². The lowest BCUT2D eigenvalue weighted by Crippen LogP contribution is -2.29. The summed E-state index contributed by atoms with van der Waals surface area (Å²) in [6.45, 7) is 3.64. The van der Waals surface area contributed by atoms with Crippen molar-refractivity contribution in [3.05, 3.63) is 48.6 Å². The summed E-state index contributed by atoms with van der Waals surface area (Å²) in [5.41, 5.74) is 0. The van der Waals surface area contributed by atoms with Gasteiger partial charge in [-0.2, -0.15) is 0 Å². The Balaban J connectivity index is 3.92. The monoisotopic (exact) mass is 809 g/mol. The molecular weight excluding hydrogens is 723 g/mol. The average Bonchev–Trinajstić information content (AvgIpc) is 3.17. The van der Waals surface area contributed by atoms with E-state index in [2.05, 4.69) is 67.0 Å². The van der Waals surface area contributed by atoms with Crippen LogP contribution < -0.4 is 0 Å². The molecule has 0 saturated heterocycles. The van der Waals surface area contributed by atoms with Crippen LogP contribution in [0.15, 0.2) is 48.6 Å². The maximum Gasteiger partial charge on any atom is 0.469 e.